The van der Waals surface area contributed by atoms with Gasteiger partial charge in [0.15, 0.2) is 24.7 Å². The fraction of sp³-hybridized carbons (Fsp3) is 0.667. The van der Waals surface area contributed by atoms with Crippen molar-refractivity contribution in [3.05, 3.63) is 12.3 Å². The van der Waals surface area contributed by atoms with E-state index < -0.39 is 17.9 Å². The molecule has 10 nitrogen and oxygen atoms in total. The monoisotopic (exact) mass is 471 g/mol. The van der Waals surface area contributed by atoms with Crippen molar-refractivity contribution in [2.24, 2.45) is 16.8 Å². The second kappa shape index (κ2) is 9.31. The lowest BCUT2D eigenvalue weighted by atomic mass is 9.94. The van der Waals surface area contributed by atoms with Gasteiger partial charge in [-0.25, -0.2) is 14.4 Å². The molecule has 1 unspecified atom stereocenters. The van der Waals surface area contributed by atoms with Crippen LogP contribution in [0.2, 0.25) is 0 Å². The number of amides is 5. The van der Waals surface area contributed by atoms with E-state index in [9.17, 15) is 19.2 Å². The van der Waals surface area contributed by atoms with Crippen LogP contribution in [-0.4, -0.2) is 111 Å². The number of hydrogen-bond donors (Lipinski definition) is 0. The maximum absolute atomic E-state index is 13.6. The van der Waals surface area contributed by atoms with Gasteiger partial charge in [0.25, 0.3) is 5.91 Å². The summed E-state index contributed by atoms with van der Waals surface area (Å²) < 4.78 is 2.10. The van der Waals surface area contributed by atoms with Crippen molar-refractivity contribution in [3.8, 4) is 0 Å². The van der Waals surface area contributed by atoms with Crippen LogP contribution in [0, 0.1) is 11.8 Å². The number of amidine groups is 1. The third-order valence-electron chi connectivity index (χ3n) is 6.96. The summed E-state index contributed by atoms with van der Waals surface area (Å²) in [5.74, 6) is -0.654. The number of fused-ring (bicyclic) bond motifs is 1. The molecule has 4 aliphatic rings. The number of hydrogen-bond acceptors (Lipinski definition) is 5. The Morgan fingerprint density at radius 3 is 2.29 bits per heavy atom. The Morgan fingerprint density at radius 1 is 1.12 bits per heavy atom. The van der Waals surface area contributed by atoms with Crippen molar-refractivity contribution in [2.75, 3.05) is 39.8 Å². The molecule has 10 heteroatoms. The van der Waals surface area contributed by atoms with Gasteiger partial charge in [0.05, 0.1) is 13.1 Å². The topological polar surface area (TPSA) is 96.6 Å². The van der Waals surface area contributed by atoms with E-state index in [1.165, 1.54) is 4.90 Å². The number of aliphatic imine (C=N–C) groups is 1. The van der Waals surface area contributed by atoms with Crippen molar-refractivity contribution >= 4 is 35.3 Å². The maximum Gasteiger partial charge on any atom is 0.332 e. The number of imide groups is 1. The van der Waals surface area contributed by atoms with E-state index in [4.69, 9.17) is 0 Å². The Balaban J connectivity index is 1.56. The molecule has 3 heterocycles. The molecule has 1 aliphatic carbocycles. The number of allylic oxidation sites excluding steroid dienone is 1. The zero-order valence-electron chi connectivity index (χ0n) is 20.7. The molecule has 0 aromatic rings. The van der Waals surface area contributed by atoms with Gasteiger partial charge in [-0.1, -0.05) is 0 Å². The van der Waals surface area contributed by atoms with Gasteiger partial charge in [0, 0.05) is 37.3 Å². The first-order valence-electron chi connectivity index (χ1n) is 12.2. The van der Waals surface area contributed by atoms with Crippen LogP contribution >= 0.6 is 0 Å². The summed E-state index contributed by atoms with van der Waals surface area (Å²) in [5.41, 5.74) is 0.759. The summed E-state index contributed by atoms with van der Waals surface area (Å²) >= 11 is 0. The van der Waals surface area contributed by atoms with E-state index in [0.717, 1.165) is 23.5 Å². The van der Waals surface area contributed by atoms with Gasteiger partial charge >= 0.3 is 6.03 Å². The zero-order chi connectivity index (χ0) is 24.7. The van der Waals surface area contributed by atoms with E-state index in [1.807, 2.05) is 38.7 Å². The maximum atomic E-state index is 13.6. The molecule has 4 rings (SSSR count). The van der Waals surface area contributed by atoms with E-state index in [-0.39, 0.29) is 36.4 Å². The van der Waals surface area contributed by atoms with Crippen molar-refractivity contribution in [1.82, 2.24) is 19.6 Å². The van der Waals surface area contributed by atoms with E-state index >= 15 is 0 Å². The van der Waals surface area contributed by atoms with Crippen LogP contribution in [0.1, 0.15) is 40.5 Å². The van der Waals surface area contributed by atoms with E-state index in [1.54, 1.807) is 18.1 Å². The summed E-state index contributed by atoms with van der Waals surface area (Å²) in [6, 6.07) is -0.645. The molecule has 3 fully saturated rings. The van der Waals surface area contributed by atoms with Gasteiger partial charge in [0.2, 0.25) is 11.8 Å². The molecule has 0 bridgehead atoms. The first-order chi connectivity index (χ1) is 16.1. The molecule has 0 radical (unpaired) electrons. The van der Waals surface area contributed by atoms with Crippen LogP contribution in [0.3, 0.4) is 0 Å². The Bertz CT molecular complexity index is 975. The quantitative estimate of drug-likeness (QED) is 0.554. The summed E-state index contributed by atoms with van der Waals surface area (Å²) in [6.07, 6.45) is 5.38. The predicted octanol–water partition coefficient (Wildman–Crippen LogP) is 0.774. The fourth-order valence-electron chi connectivity index (χ4n) is 5.14. The summed E-state index contributed by atoms with van der Waals surface area (Å²) in [6.45, 7) is 9.80. The molecule has 184 valence electrons. The normalized spacial score (nSPS) is 23.1. The first-order valence-corrected chi connectivity index (χ1v) is 12.2. The summed E-state index contributed by atoms with van der Waals surface area (Å²) in [7, 11) is 1.59. The van der Waals surface area contributed by atoms with Gasteiger partial charge < -0.3 is 9.80 Å². The van der Waals surface area contributed by atoms with Crippen LogP contribution < -0.4 is 0 Å². The highest BCUT2D eigenvalue weighted by Crippen LogP contribution is 2.31. The van der Waals surface area contributed by atoms with Crippen LogP contribution in [0.4, 0.5) is 4.79 Å². The van der Waals surface area contributed by atoms with E-state index in [0.29, 0.717) is 32.0 Å². The Labute approximate surface area is 200 Å². The molecule has 5 amide bonds. The van der Waals surface area contributed by atoms with Crippen molar-refractivity contribution in [1.29, 1.82) is 0 Å². The van der Waals surface area contributed by atoms with Crippen LogP contribution in [0.15, 0.2) is 17.3 Å². The molecular formula is C24H35N6O4+. The first kappa shape index (κ1) is 24.1. The van der Waals surface area contributed by atoms with Crippen molar-refractivity contribution in [3.63, 3.8) is 0 Å². The fourth-order valence-corrected chi connectivity index (χ4v) is 5.14. The van der Waals surface area contributed by atoms with Gasteiger partial charge in [-0.3, -0.25) is 24.2 Å². The minimum atomic E-state index is -0.752. The number of urea groups is 1. The Morgan fingerprint density at radius 2 is 1.74 bits per heavy atom. The Hall–Kier alpha value is -3.04. The minimum absolute atomic E-state index is 0.0493. The molecule has 0 aromatic heterocycles. The summed E-state index contributed by atoms with van der Waals surface area (Å²) in [4.78, 5) is 62.5. The average Bonchev–Trinajstić information content (AvgIpc) is 3.64. The van der Waals surface area contributed by atoms with Crippen molar-refractivity contribution in [2.45, 2.75) is 52.6 Å². The standard InChI is InChI=1S/C24H35N6O4/c1-15(2)30(16(3)4)19(31)14-29-23(33)20-18(8-9-25-21(20)26(5)24(29)34)27-10-12-28(13-11-27)22(32)17-6-7-17/h8-9,15-17,20H,6-7,10-14H2,1-5H3/q+1. The third-order valence-corrected chi connectivity index (χ3v) is 6.96. The van der Waals surface area contributed by atoms with Gasteiger partial charge in [-0.05, 0) is 40.5 Å². The molecule has 0 N–H and O–H groups in total. The lowest BCUT2D eigenvalue weighted by molar-refractivity contribution is -0.539. The number of carbonyl (C=O) groups excluding carboxylic acids is 4. The zero-order valence-corrected chi connectivity index (χ0v) is 20.7. The minimum Gasteiger partial charge on any atom is -0.336 e. The SMILES string of the molecule is CC(C)N(C(=O)CN1C(=O)C2C(=NC=CC2=[N+]2CCN(C(=O)C3CC3)CC2)N(C)C1=O)C(C)C. The highest BCUT2D eigenvalue weighted by atomic mass is 16.2. The highest BCUT2D eigenvalue weighted by molar-refractivity contribution is 6.31. The van der Waals surface area contributed by atoms with Gasteiger partial charge in [-0.15, -0.1) is 0 Å². The molecule has 34 heavy (non-hydrogen) atoms. The van der Waals surface area contributed by atoms with Crippen LogP contribution in [-0.2, 0) is 14.4 Å². The molecule has 0 spiro atoms. The lowest BCUT2D eigenvalue weighted by Gasteiger charge is -2.39. The van der Waals surface area contributed by atoms with Crippen LogP contribution in [0.25, 0.3) is 0 Å². The molecular weight excluding hydrogens is 436 g/mol. The van der Waals surface area contributed by atoms with Gasteiger partial charge in [0.1, 0.15) is 12.4 Å². The molecule has 2 saturated heterocycles. The second-order valence-electron chi connectivity index (χ2n) is 10.0. The smallest absolute Gasteiger partial charge is 0.332 e. The number of piperazine rings is 1. The average molecular weight is 472 g/mol. The molecule has 3 aliphatic heterocycles. The number of nitrogens with zero attached hydrogens (tertiary/aromatic N) is 6. The molecule has 0 aromatic carbocycles. The third kappa shape index (κ3) is 4.37. The van der Waals surface area contributed by atoms with Crippen LogP contribution in [0.5, 0.6) is 0 Å². The number of rotatable bonds is 5. The largest absolute Gasteiger partial charge is 0.336 e. The highest BCUT2D eigenvalue weighted by Gasteiger charge is 2.50. The second-order valence-corrected chi connectivity index (χ2v) is 10.0. The molecule has 1 atom stereocenters. The lowest BCUT2D eigenvalue weighted by Crippen LogP contribution is -2.63. The van der Waals surface area contributed by atoms with E-state index in [2.05, 4.69) is 9.57 Å². The number of carbonyl (C=O) groups is 4. The summed E-state index contributed by atoms with van der Waals surface area (Å²) in [5, 5.41) is 0. The molecule has 1 saturated carbocycles. The Kier molecular flexibility index (Phi) is 6.60. The van der Waals surface area contributed by atoms with Gasteiger partial charge in [-0.2, -0.15) is 0 Å². The van der Waals surface area contributed by atoms with Crippen molar-refractivity contribution < 1.29 is 23.8 Å². The predicted molar refractivity (Wildman–Crippen MR) is 126 cm³/mol.